The standard InChI is InChI=1S/C58H112N/c1-4-7-10-13-16-19-22-25-28-30-33-36-39-42-45-48-51-57-53-55-59(54-50-47-44-41-38-35-32-27-24-21-18-15-12-9-6-3)56-58(57)52-49-46-43-40-37-34-31-29-26-23-20-17-14-11-8-5-2/h53,55-56H,4-52,54H2,1-3H3/q+1. The molecule has 1 rings (SSSR count). The molecule has 59 heavy (non-hydrogen) atoms. The summed E-state index contributed by atoms with van der Waals surface area (Å²) in [7, 11) is 0. The zero-order valence-corrected chi connectivity index (χ0v) is 41.5. The van der Waals surface area contributed by atoms with Gasteiger partial charge in [-0.3, -0.25) is 0 Å². The first-order chi connectivity index (χ1) is 29.3. The minimum absolute atomic E-state index is 1.21. The van der Waals surface area contributed by atoms with Gasteiger partial charge >= 0.3 is 0 Å². The zero-order chi connectivity index (χ0) is 42.2. The van der Waals surface area contributed by atoms with Crippen LogP contribution in [0, 0.1) is 0 Å². The van der Waals surface area contributed by atoms with Crippen LogP contribution in [0.2, 0.25) is 0 Å². The summed E-state index contributed by atoms with van der Waals surface area (Å²) in [6.45, 7) is 8.16. The number of pyridine rings is 1. The van der Waals surface area contributed by atoms with Crippen molar-refractivity contribution in [1.29, 1.82) is 0 Å². The van der Waals surface area contributed by atoms with Crippen LogP contribution in [0.1, 0.15) is 334 Å². The monoisotopic (exact) mass is 823 g/mol. The highest BCUT2D eigenvalue weighted by molar-refractivity contribution is 5.21. The molecule has 0 unspecified atom stereocenters. The van der Waals surface area contributed by atoms with Gasteiger partial charge in [0, 0.05) is 18.1 Å². The lowest BCUT2D eigenvalue weighted by Crippen LogP contribution is -2.34. The third kappa shape index (κ3) is 41.0. The van der Waals surface area contributed by atoms with Gasteiger partial charge in [0.15, 0.2) is 12.4 Å². The Bertz CT molecular complexity index is 920. The Hall–Kier alpha value is -0.850. The Labute approximate surface area is 374 Å². The molecule has 1 nitrogen and oxygen atoms in total. The van der Waals surface area contributed by atoms with E-state index in [0.717, 1.165) is 0 Å². The van der Waals surface area contributed by atoms with E-state index < -0.39 is 0 Å². The van der Waals surface area contributed by atoms with E-state index in [0.29, 0.717) is 0 Å². The summed E-state index contributed by atoms with van der Waals surface area (Å²) in [4.78, 5) is 0. The van der Waals surface area contributed by atoms with Gasteiger partial charge in [0.05, 0.1) is 0 Å². The highest BCUT2D eigenvalue weighted by Crippen LogP contribution is 2.19. The first-order valence-corrected chi connectivity index (χ1v) is 28.3. The molecule has 0 aliphatic carbocycles. The van der Waals surface area contributed by atoms with E-state index >= 15 is 0 Å². The normalized spacial score (nSPS) is 11.6. The van der Waals surface area contributed by atoms with Crippen LogP contribution in [-0.2, 0) is 19.4 Å². The lowest BCUT2D eigenvalue weighted by Gasteiger charge is -2.10. The molecule has 1 heterocycles. The van der Waals surface area contributed by atoms with Crippen molar-refractivity contribution in [2.45, 2.75) is 342 Å². The van der Waals surface area contributed by atoms with Crippen molar-refractivity contribution in [3.05, 3.63) is 29.6 Å². The maximum atomic E-state index is 2.58. The molecule has 0 bridgehead atoms. The Morgan fingerprint density at radius 3 is 0.746 bits per heavy atom. The van der Waals surface area contributed by atoms with Crippen LogP contribution in [-0.4, -0.2) is 0 Å². The Balaban J connectivity index is 2.27. The van der Waals surface area contributed by atoms with E-state index in [1.165, 1.54) is 321 Å². The third-order valence-corrected chi connectivity index (χ3v) is 13.8. The second kappa shape index (κ2) is 48.2. The maximum Gasteiger partial charge on any atom is 0.172 e. The minimum Gasteiger partial charge on any atom is -0.205 e. The molecule has 0 saturated heterocycles. The molecule has 0 fully saturated rings. The molecule has 0 N–H and O–H groups in total. The molecule has 0 amide bonds. The summed E-state index contributed by atoms with van der Waals surface area (Å²) >= 11 is 0. The number of aryl methyl sites for hydroxylation is 3. The molecule has 1 aromatic heterocycles. The lowest BCUT2D eigenvalue weighted by atomic mass is 9.97. The van der Waals surface area contributed by atoms with Crippen molar-refractivity contribution < 1.29 is 4.57 Å². The van der Waals surface area contributed by atoms with Crippen molar-refractivity contribution >= 4 is 0 Å². The summed E-state index contributed by atoms with van der Waals surface area (Å²) in [5, 5.41) is 0. The van der Waals surface area contributed by atoms with Gasteiger partial charge in [0.1, 0.15) is 6.54 Å². The maximum absolute atomic E-state index is 2.58. The summed E-state index contributed by atoms with van der Waals surface area (Å²) in [6.07, 6.45) is 75.7. The molecule has 0 saturated carbocycles. The van der Waals surface area contributed by atoms with E-state index in [1.807, 2.05) is 0 Å². The molecule has 0 spiro atoms. The van der Waals surface area contributed by atoms with Crippen molar-refractivity contribution in [2.75, 3.05) is 0 Å². The number of rotatable bonds is 50. The second-order valence-corrected chi connectivity index (χ2v) is 19.8. The molecule has 1 aromatic rings. The second-order valence-electron chi connectivity index (χ2n) is 19.8. The lowest BCUT2D eigenvalue weighted by molar-refractivity contribution is -0.697. The molecular formula is C58H112N+. The van der Waals surface area contributed by atoms with Crippen molar-refractivity contribution in [3.63, 3.8) is 0 Å². The molecular weight excluding hydrogens is 711 g/mol. The summed E-state index contributed by atoms with van der Waals surface area (Å²) < 4.78 is 2.56. The van der Waals surface area contributed by atoms with Gasteiger partial charge in [-0.05, 0) is 37.7 Å². The summed E-state index contributed by atoms with van der Waals surface area (Å²) in [6, 6.07) is 2.53. The Morgan fingerprint density at radius 2 is 0.475 bits per heavy atom. The van der Waals surface area contributed by atoms with Crippen molar-refractivity contribution in [1.82, 2.24) is 0 Å². The number of aromatic nitrogens is 1. The van der Waals surface area contributed by atoms with Crippen LogP contribution in [0.25, 0.3) is 0 Å². The van der Waals surface area contributed by atoms with Crippen molar-refractivity contribution in [3.8, 4) is 0 Å². The van der Waals surface area contributed by atoms with Crippen LogP contribution in [0.3, 0.4) is 0 Å². The molecule has 0 aromatic carbocycles. The quantitative estimate of drug-likeness (QED) is 0.0455. The van der Waals surface area contributed by atoms with Crippen LogP contribution in [0.15, 0.2) is 18.5 Å². The van der Waals surface area contributed by atoms with Gasteiger partial charge in [0.2, 0.25) is 0 Å². The average Bonchev–Trinajstić information content (AvgIpc) is 3.25. The first kappa shape index (κ1) is 56.2. The first-order valence-electron chi connectivity index (χ1n) is 28.3. The van der Waals surface area contributed by atoms with Crippen LogP contribution in [0.5, 0.6) is 0 Å². The number of nitrogens with zero attached hydrogens (tertiary/aromatic N) is 1. The van der Waals surface area contributed by atoms with E-state index in [4.69, 9.17) is 0 Å². The SMILES string of the molecule is CCCCCCCCCCCCCCCCCCc1cc[n+](CCCCCCCCCCCCCCCCC)cc1CCCCCCCCCCCCCCCCCC. The summed E-state index contributed by atoms with van der Waals surface area (Å²) in [5.74, 6) is 0. The van der Waals surface area contributed by atoms with Gasteiger partial charge in [-0.2, -0.15) is 0 Å². The van der Waals surface area contributed by atoms with Crippen LogP contribution < -0.4 is 4.57 Å². The van der Waals surface area contributed by atoms with Crippen LogP contribution in [0.4, 0.5) is 0 Å². The van der Waals surface area contributed by atoms with E-state index in [1.54, 1.807) is 11.1 Å². The average molecular weight is 824 g/mol. The van der Waals surface area contributed by atoms with Gasteiger partial charge in [-0.15, -0.1) is 0 Å². The molecule has 1 heteroatoms. The minimum atomic E-state index is 1.21. The van der Waals surface area contributed by atoms with E-state index in [2.05, 4.69) is 43.8 Å². The van der Waals surface area contributed by atoms with Gasteiger partial charge in [-0.1, -0.05) is 297 Å². The number of hydrogen-bond donors (Lipinski definition) is 0. The Kier molecular flexibility index (Phi) is 45.9. The Morgan fingerprint density at radius 1 is 0.254 bits per heavy atom. The summed E-state index contributed by atoms with van der Waals surface area (Å²) in [5.41, 5.74) is 3.35. The molecule has 0 atom stereocenters. The van der Waals surface area contributed by atoms with Gasteiger partial charge in [-0.25, -0.2) is 4.57 Å². The van der Waals surface area contributed by atoms with E-state index in [-0.39, 0.29) is 0 Å². The van der Waals surface area contributed by atoms with Gasteiger partial charge in [0.25, 0.3) is 0 Å². The highest BCUT2D eigenvalue weighted by atomic mass is 14.9. The fraction of sp³-hybridized carbons (Fsp3) is 0.914. The topological polar surface area (TPSA) is 3.88 Å². The molecule has 0 aliphatic rings. The zero-order valence-electron chi connectivity index (χ0n) is 41.5. The number of unbranched alkanes of at least 4 members (excludes halogenated alkanes) is 44. The highest BCUT2D eigenvalue weighted by Gasteiger charge is 2.10. The predicted octanol–water partition coefficient (Wildman–Crippen LogP) is 20.5. The fourth-order valence-corrected chi connectivity index (χ4v) is 9.62. The smallest absolute Gasteiger partial charge is 0.172 e. The number of hydrogen-bond acceptors (Lipinski definition) is 0. The molecule has 0 aliphatic heterocycles. The van der Waals surface area contributed by atoms with E-state index in [9.17, 15) is 0 Å². The third-order valence-electron chi connectivity index (χ3n) is 13.8. The van der Waals surface area contributed by atoms with Crippen LogP contribution >= 0.6 is 0 Å². The molecule has 0 radical (unpaired) electrons. The molecule has 348 valence electrons. The largest absolute Gasteiger partial charge is 0.205 e. The van der Waals surface area contributed by atoms with Gasteiger partial charge < -0.3 is 0 Å². The van der Waals surface area contributed by atoms with Crippen molar-refractivity contribution in [2.24, 2.45) is 0 Å². The fourth-order valence-electron chi connectivity index (χ4n) is 9.62. The predicted molar refractivity (Wildman–Crippen MR) is 268 cm³/mol.